The summed E-state index contributed by atoms with van der Waals surface area (Å²) in [4.78, 5) is 10.6. The molecule has 3 aromatic rings. The van der Waals surface area contributed by atoms with Crippen LogP contribution in [0.25, 0.3) is 5.78 Å². The Morgan fingerprint density at radius 2 is 2.07 bits per heavy atom. The summed E-state index contributed by atoms with van der Waals surface area (Å²) in [6, 6.07) is 1.90. The van der Waals surface area contributed by atoms with E-state index in [-0.39, 0.29) is 17.5 Å². The van der Waals surface area contributed by atoms with Gasteiger partial charge in [-0.2, -0.15) is 19.7 Å². The zero-order valence-corrected chi connectivity index (χ0v) is 16.7. The molecule has 9 nitrogen and oxygen atoms in total. The molecule has 4 heterocycles. The van der Waals surface area contributed by atoms with Crippen LogP contribution in [0.2, 0.25) is 0 Å². The van der Waals surface area contributed by atoms with Crippen LogP contribution in [0.1, 0.15) is 35.1 Å². The Morgan fingerprint density at radius 1 is 1.30 bits per heavy atom. The van der Waals surface area contributed by atoms with Gasteiger partial charge in [-0.15, -0.1) is 0 Å². The normalized spacial score (nSPS) is 19.0. The number of rotatable bonds is 4. The van der Waals surface area contributed by atoms with Crippen LogP contribution < -0.4 is 4.90 Å². The molecule has 0 amide bonds. The summed E-state index contributed by atoms with van der Waals surface area (Å²) < 4.78 is 27.3. The third kappa shape index (κ3) is 3.18. The van der Waals surface area contributed by atoms with Crippen molar-refractivity contribution in [2.24, 2.45) is 0 Å². The number of fused-ring (bicyclic) bond motifs is 1. The van der Waals surface area contributed by atoms with E-state index in [2.05, 4.69) is 25.1 Å². The van der Waals surface area contributed by atoms with Crippen molar-refractivity contribution in [3.63, 3.8) is 0 Å². The van der Waals surface area contributed by atoms with Crippen LogP contribution in [0.15, 0.2) is 12.4 Å². The van der Waals surface area contributed by atoms with Gasteiger partial charge in [-0.1, -0.05) is 0 Å². The number of hydrogen-bond acceptors (Lipinski definition) is 7. The van der Waals surface area contributed by atoms with Gasteiger partial charge in [-0.25, -0.2) is 13.4 Å². The van der Waals surface area contributed by atoms with E-state index >= 15 is 0 Å². The van der Waals surface area contributed by atoms with Crippen molar-refractivity contribution in [1.82, 2.24) is 29.4 Å². The van der Waals surface area contributed by atoms with Gasteiger partial charge in [0.2, 0.25) is 0 Å². The third-order valence-electron chi connectivity index (χ3n) is 5.18. The van der Waals surface area contributed by atoms with Crippen molar-refractivity contribution in [2.45, 2.75) is 39.8 Å². The Labute approximate surface area is 158 Å². The van der Waals surface area contributed by atoms with E-state index in [1.165, 1.54) is 6.33 Å². The van der Waals surface area contributed by atoms with Crippen LogP contribution in [0.5, 0.6) is 0 Å². The maximum Gasteiger partial charge on any atom is 0.254 e. The number of sulfone groups is 1. The lowest BCUT2D eigenvalue weighted by molar-refractivity contribution is 0.485. The second kappa shape index (κ2) is 6.29. The van der Waals surface area contributed by atoms with Crippen molar-refractivity contribution in [3.05, 3.63) is 35.0 Å². The molecule has 1 unspecified atom stereocenters. The molecule has 1 aliphatic rings. The fourth-order valence-electron chi connectivity index (χ4n) is 3.75. The molecule has 0 bridgehead atoms. The summed E-state index contributed by atoms with van der Waals surface area (Å²) in [6.07, 6.45) is 2.12. The van der Waals surface area contributed by atoms with Crippen LogP contribution in [-0.2, 0) is 16.4 Å². The van der Waals surface area contributed by atoms with Gasteiger partial charge in [0.05, 0.1) is 23.2 Å². The highest BCUT2D eigenvalue weighted by Crippen LogP contribution is 2.28. The number of aryl methyl sites for hydroxylation is 2. The topological polar surface area (TPSA) is 98.3 Å². The molecule has 1 fully saturated rings. The third-order valence-corrected chi connectivity index (χ3v) is 6.93. The number of aromatic nitrogens is 6. The molecule has 4 rings (SSSR count). The van der Waals surface area contributed by atoms with Crippen LogP contribution in [0.3, 0.4) is 0 Å². The highest BCUT2D eigenvalue weighted by Gasteiger charge is 2.31. The van der Waals surface area contributed by atoms with Gasteiger partial charge in [-0.05, 0) is 27.2 Å². The summed E-state index contributed by atoms with van der Waals surface area (Å²) in [7, 11) is -0.957. The maximum absolute atomic E-state index is 11.8. The van der Waals surface area contributed by atoms with Gasteiger partial charge < -0.3 is 4.90 Å². The van der Waals surface area contributed by atoms with Gasteiger partial charge in [0, 0.05) is 36.6 Å². The molecule has 0 aromatic carbocycles. The fourth-order valence-corrected chi connectivity index (χ4v) is 5.44. The summed E-state index contributed by atoms with van der Waals surface area (Å²) in [5.74, 6) is 1.88. The van der Waals surface area contributed by atoms with Crippen molar-refractivity contribution < 1.29 is 8.42 Å². The molecule has 0 radical (unpaired) electrons. The molecule has 0 spiro atoms. The second-order valence-corrected chi connectivity index (χ2v) is 9.46. The second-order valence-electron chi connectivity index (χ2n) is 7.23. The quantitative estimate of drug-likeness (QED) is 0.662. The van der Waals surface area contributed by atoms with Crippen molar-refractivity contribution in [2.75, 3.05) is 23.5 Å². The summed E-state index contributed by atoms with van der Waals surface area (Å²) >= 11 is 0. The highest BCUT2D eigenvalue weighted by molar-refractivity contribution is 7.91. The molecule has 1 atom stereocenters. The molecular weight excluding hydrogens is 366 g/mol. The average Bonchev–Trinajstić information content (AvgIpc) is 3.27. The minimum Gasteiger partial charge on any atom is -0.355 e. The van der Waals surface area contributed by atoms with Gasteiger partial charge in [0.15, 0.2) is 9.84 Å². The predicted octanol–water partition coefficient (Wildman–Crippen LogP) is 1.24. The van der Waals surface area contributed by atoms with Gasteiger partial charge >= 0.3 is 0 Å². The largest absolute Gasteiger partial charge is 0.355 e. The van der Waals surface area contributed by atoms with Gasteiger partial charge in [0.1, 0.15) is 12.1 Å². The smallest absolute Gasteiger partial charge is 0.254 e. The van der Waals surface area contributed by atoms with Crippen molar-refractivity contribution in [3.8, 4) is 0 Å². The Bertz CT molecular complexity index is 1120. The van der Waals surface area contributed by atoms with E-state index in [0.29, 0.717) is 18.7 Å². The average molecular weight is 389 g/mol. The lowest BCUT2D eigenvalue weighted by Gasteiger charge is -2.20. The van der Waals surface area contributed by atoms with Crippen LogP contribution >= 0.6 is 0 Å². The molecule has 10 heteroatoms. The summed E-state index contributed by atoms with van der Waals surface area (Å²) in [6.45, 7) is 6.55. The highest BCUT2D eigenvalue weighted by atomic mass is 32.2. The number of anilines is 1. The Kier molecular flexibility index (Phi) is 4.17. The first kappa shape index (κ1) is 17.9. The Morgan fingerprint density at radius 3 is 2.78 bits per heavy atom. The van der Waals surface area contributed by atoms with E-state index in [0.717, 1.165) is 28.5 Å². The Hall–Kier alpha value is -2.49. The standard InChI is InChI=1S/C17H23N7O2S/c1-11-7-16(24-17(20-11)18-10-19-24)22(4)8-15-12(2)21-23(13(15)3)14-5-6-27(25,26)9-14/h7,10,14H,5-6,8-9H2,1-4H3. The molecule has 0 aliphatic carbocycles. The summed E-state index contributed by atoms with van der Waals surface area (Å²) in [5, 5.41) is 8.92. The molecular formula is C17H23N7O2S. The Balaban J connectivity index is 1.65. The minimum atomic E-state index is -2.95. The van der Waals surface area contributed by atoms with Crippen LogP contribution in [0, 0.1) is 20.8 Å². The fraction of sp³-hybridized carbons (Fsp3) is 0.529. The SMILES string of the molecule is Cc1cc(N(C)Cc2c(C)nn(C3CCS(=O)(=O)C3)c2C)n2ncnc2n1. The monoisotopic (exact) mass is 389 g/mol. The van der Waals surface area contributed by atoms with E-state index in [9.17, 15) is 8.42 Å². The molecule has 0 saturated carbocycles. The molecule has 0 N–H and O–H groups in total. The van der Waals surface area contributed by atoms with Crippen molar-refractivity contribution >= 4 is 21.4 Å². The molecule has 144 valence electrons. The van der Waals surface area contributed by atoms with E-state index < -0.39 is 9.84 Å². The maximum atomic E-state index is 11.8. The molecule has 1 aliphatic heterocycles. The lowest BCUT2D eigenvalue weighted by Crippen LogP contribution is -2.21. The number of nitrogens with zero attached hydrogens (tertiary/aromatic N) is 7. The van der Waals surface area contributed by atoms with E-state index in [1.54, 1.807) is 4.52 Å². The number of hydrogen-bond donors (Lipinski definition) is 0. The minimum absolute atomic E-state index is 0.0713. The first-order chi connectivity index (χ1) is 12.7. The van der Waals surface area contributed by atoms with E-state index in [1.807, 2.05) is 38.6 Å². The van der Waals surface area contributed by atoms with E-state index in [4.69, 9.17) is 0 Å². The first-order valence-electron chi connectivity index (χ1n) is 8.88. The zero-order chi connectivity index (χ0) is 19.3. The molecule has 1 saturated heterocycles. The van der Waals surface area contributed by atoms with Crippen molar-refractivity contribution in [1.29, 1.82) is 0 Å². The lowest BCUT2D eigenvalue weighted by atomic mass is 10.1. The van der Waals surface area contributed by atoms with Crippen LogP contribution in [0.4, 0.5) is 5.82 Å². The summed E-state index contributed by atoms with van der Waals surface area (Å²) in [5.41, 5.74) is 3.91. The van der Waals surface area contributed by atoms with Crippen LogP contribution in [-0.4, -0.2) is 56.3 Å². The predicted molar refractivity (Wildman–Crippen MR) is 102 cm³/mol. The molecule has 3 aromatic heterocycles. The molecule has 27 heavy (non-hydrogen) atoms. The first-order valence-corrected chi connectivity index (χ1v) is 10.7. The van der Waals surface area contributed by atoms with Gasteiger partial charge in [0.25, 0.3) is 5.78 Å². The zero-order valence-electron chi connectivity index (χ0n) is 15.9. The van der Waals surface area contributed by atoms with Gasteiger partial charge in [-0.3, -0.25) is 4.68 Å².